The second kappa shape index (κ2) is 8.15. The Balaban J connectivity index is 1.70. The quantitative estimate of drug-likeness (QED) is 0.481. The van der Waals surface area contributed by atoms with Crippen LogP contribution in [0, 0.1) is 0 Å². The molecule has 0 amide bonds. The Hall–Kier alpha value is -1.10. The Bertz CT molecular complexity index is 337. The maximum absolute atomic E-state index is 5.79. The van der Waals surface area contributed by atoms with Crippen LogP contribution >= 0.6 is 0 Å². The van der Waals surface area contributed by atoms with Gasteiger partial charge in [0, 0.05) is 13.0 Å². The topological polar surface area (TPSA) is 40.2 Å². The van der Waals surface area contributed by atoms with Gasteiger partial charge in [0.1, 0.15) is 12.4 Å². The molecule has 0 aliphatic carbocycles. The van der Waals surface area contributed by atoms with Gasteiger partial charge < -0.3 is 18.9 Å². The predicted molar refractivity (Wildman–Crippen MR) is 72.5 cm³/mol. The highest BCUT2D eigenvalue weighted by Gasteiger charge is 2.27. The number of hydrogen-bond acceptors (Lipinski definition) is 4. The molecule has 1 saturated heterocycles. The lowest BCUT2D eigenvalue weighted by Crippen LogP contribution is -2.25. The molecule has 0 aromatic heterocycles. The number of epoxide rings is 1. The van der Waals surface area contributed by atoms with Gasteiger partial charge in [0.2, 0.25) is 0 Å². The van der Waals surface area contributed by atoms with E-state index < -0.39 is 0 Å². The molecule has 0 radical (unpaired) electrons. The molecule has 2 unspecified atom stereocenters. The van der Waals surface area contributed by atoms with Gasteiger partial charge in [0.05, 0.1) is 32.0 Å². The molecule has 0 spiro atoms. The van der Waals surface area contributed by atoms with E-state index >= 15 is 0 Å². The van der Waals surface area contributed by atoms with Crippen LogP contribution in [0.15, 0.2) is 30.3 Å². The Morgan fingerprint density at radius 3 is 2.74 bits per heavy atom. The molecule has 2 rings (SSSR count). The molecule has 1 heterocycles. The largest absolute Gasteiger partial charge is 0.491 e. The van der Waals surface area contributed by atoms with Crippen molar-refractivity contribution < 1.29 is 18.9 Å². The molecule has 0 N–H and O–H groups in total. The van der Waals surface area contributed by atoms with Crippen LogP contribution in [0.25, 0.3) is 0 Å². The first-order chi connectivity index (χ1) is 9.38. The number of para-hydroxylation sites is 1. The summed E-state index contributed by atoms with van der Waals surface area (Å²) < 4.78 is 22.0. The highest BCUT2D eigenvalue weighted by atomic mass is 16.6. The average Bonchev–Trinajstić information content (AvgIpc) is 3.26. The van der Waals surface area contributed by atoms with E-state index in [2.05, 4.69) is 0 Å². The fourth-order valence-corrected chi connectivity index (χ4v) is 1.81. The summed E-state index contributed by atoms with van der Waals surface area (Å²) in [6.45, 7) is 5.33. The zero-order valence-electron chi connectivity index (χ0n) is 11.4. The number of rotatable bonds is 10. The summed E-state index contributed by atoms with van der Waals surface area (Å²) in [5, 5.41) is 0. The van der Waals surface area contributed by atoms with Gasteiger partial charge in [-0.2, -0.15) is 0 Å². The molecule has 4 heteroatoms. The van der Waals surface area contributed by atoms with Gasteiger partial charge in [0.25, 0.3) is 0 Å². The van der Waals surface area contributed by atoms with Crippen LogP contribution < -0.4 is 4.74 Å². The second-order valence-corrected chi connectivity index (χ2v) is 4.50. The van der Waals surface area contributed by atoms with Gasteiger partial charge in [0.15, 0.2) is 0 Å². The van der Waals surface area contributed by atoms with Crippen molar-refractivity contribution in [1.29, 1.82) is 0 Å². The molecule has 1 aliphatic rings. The lowest BCUT2D eigenvalue weighted by atomic mass is 10.2. The SMILES string of the molecule is CCOCCOC(COc1ccccc1)CC1CO1. The first-order valence-corrected chi connectivity index (χ1v) is 6.87. The molecular weight excluding hydrogens is 244 g/mol. The van der Waals surface area contributed by atoms with E-state index in [1.165, 1.54) is 0 Å². The summed E-state index contributed by atoms with van der Waals surface area (Å²) >= 11 is 0. The van der Waals surface area contributed by atoms with Crippen LogP contribution in [0.4, 0.5) is 0 Å². The van der Waals surface area contributed by atoms with Crippen molar-refractivity contribution in [3.05, 3.63) is 30.3 Å². The Morgan fingerprint density at radius 1 is 1.26 bits per heavy atom. The van der Waals surface area contributed by atoms with E-state index in [1.54, 1.807) is 0 Å². The molecule has 4 nitrogen and oxygen atoms in total. The van der Waals surface area contributed by atoms with Crippen LogP contribution in [-0.2, 0) is 14.2 Å². The summed E-state index contributed by atoms with van der Waals surface area (Å²) in [6.07, 6.45) is 1.29. The van der Waals surface area contributed by atoms with E-state index in [9.17, 15) is 0 Å². The van der Waals surface area contributed by atoms with E-state index in [0.717, 1.165) is 25.4 Å². The minimum Gasteiger partial charge on any atom is -0.491 e. The third kappa shape index (κ3) is 6.05. The molecule has 0 bridgehead atoms. The lowest BCUT2D eigenvalue weighted by molar-refractivity contribution is -0.0186. The maximum Gasteiger partial charge on any atom is 0.119 e. The third-order valence-corrected chi connectivity index (χ3v) is 2.89. The maximum atomic E-state index is 5.79. The van der Waals surface area contributed by atoms with Crippen LogP contribution in [-0.4, -0.2) is 45.2 Å². The highest BCUT2D eigenvalue weighted by molar-refractivity contribution is 5.20. The number of benzene rings is 1. The summed E-state index contributed by atoms with van der Waals surface area (Å²) in [7, 11) is 0. The Labute approximate surface area is 114 Å². The van der Waals surface area contributed by atoms with Crippen molar-refractivity contribution in [2.45, 2.75) is 25.6 Å². The molecule has 2 atom stereocenters. The van der Waals surface area contributed by atoms with Crippen molar-refractivity contribution in [3.8, 4) is 5.75 Å². The van der Waals surface area contributed by atoms with Crippen molar-refractivity contribution in [3.63, 3.8) is 0 Å². The molecule has 0 saturated carbocycles. The standard InChI is InChI=1S/C15H22O4/c1-2-16-8-9-17-14(10-15-12-19-15)11-18-13-6-4-3-5-7-13/h3-7,14-15H,2,8-12H2,1H3. The van der Waals surface area contributed by atoms with E-state index in [0.29, 0.717) is 25.9 Å². The summed E-state index contributed by atoms with van der Waals surface area (Å²) in [5.41, 5.74) is 0. The third-order valence-electron chi connectivity index (χ3n) is 2.89. The zero-order chi connectivity index (χ0) is 13.3. The van der Waals surface area contributed by atoms with Gasteiger partial charge in [-0.15, -0.1) is 0 Å². The second-order valence-electron chi connectivity index (χ2n) is 4.50. The van der Waals surface area contributed by atoms with E-state index in [4.69, 9.17) is 18.9 Å². The minimum atomic E-state index is 0.0631. The van der Waals surface area contributed by atoms with Gasteiger partial charge in [-0.3, -0.25) is 0 Å². The molecule has 1 fully saturated rings. The van der Waals surface area contributed by atoms with Crippen molar-refractivity contribution in [2.75, 3.05) is 33.0 Å². The summed E-state index contributed by atoms with van der Waals surface area (Å²) in [5.74, 6) is 0.873. The van der Waals surface area contributed by atoms with Crippen molar-refractivity contribution in [2.24, 2.45) is 0 Å². The molecular formula is C15H22O4. The lowest BCUT2D eigenvalue weighted by Gasteiger charge is -2.17. The molecule has 1 aromatic carbocycles. The van der Waals surface area contributed by atoms with Crippen LogP contribution in [0.3, 0.4) is 0 Å². The molecule has 19 heavy (non-hydrogen) atoms. The van der Waals surface area contributed by atoms with Gasteiger partial charge in [-0.05, 0) is 19.1 Å². The Morgan fingerprint density at radius 2 is 2.05 bits per heavy atom. The van der Waals surface area contributed by atoms with Crippen molar-refractivity contribution >= 4 is 0 Å². The van der Waals surface area contributed by atoms with Crippen LogP contribution in [0.2, 0.25) is 0 Å². The fraction of sp³-hybridized carbons (Fsp3) is 0.600. The highest BCUT2D eigenvalue weighted by Crippen LogP contribution is 2.18. The number of hydrogen-bond donors (Lipinski definition) is 0. The van der Waals surface area contributed by atoms with Crippen molar-refractivity contribution in [1.82, 2.24) is 0 Å². The van der Waals surface area contributed by atoms with Gasteiger partial charge in [-0.1, -0.05) is 18.2 Å². The molecule has 1 aromatic rings. The van der Waals surface area contributed by atoms with E-state index in [1.807, 2.05) is 37.3 Å². The first kappa shape index (κ1) is 14.3. The van der Waals surface area contributed by atoms with E-state index in [-0.39, 0.29) is 6.10 Å². The molecule has 1 aliphatic heterocycles. The zero-order valence-corrected chi connectivity index (χ0v) is 11.4. The van der Waals surface area contributed by atoms with Gasteiger partial charge in [-0.25, -0.2) is 0 Å². The number of ether oxygens (including phenoxy) is 4. The first-order valence-electron chi connectivity index (χ1n) is 6.87. The molecule has 106 valence electrons. The fourth-order valence-electron chi connectivity index (χ4n) is 1.81. The predicted octanol–water partition coefficient (Wildman–Crippen LogP) is 2.28. The van der Waals surface area contributed by atoms with Crippen LogP contribution in [0.5, 0.6) is 5.75 Å². The summed E-state index contributed by atoms with van der Waals surface area (Å²) in [6, 6.07) is 9.80. The monoisotopic (exact) mass is 266 g/mol. The normalized spacial score (nSPS) is 19.1. The smallest absolute Gasteiger partial charge is 0.119 e. The van der Waals surface area contributed by atoms with Gasteiger partial charge >= 0.3 is 0 Å². The average molecular weight is 266 g/mol. The Kier molecular flexibility index (Phi) is 6.14. The minimum absolute atomic E-state index is 0.0631. The summed E-state index contributed by atoms with van der Waals surface area (Å²) in [4.78, 5) is 0. The van der Waals surface area contributed by atoms with Crippen LogP contribution in [0.1, 0.15) is 13.3 Å².